The molecule has 2 aliphatic rings. The predicted molar refractivity (Wildman–Crippen MR) is 61.1 cm³/mol. The van der Waals surface area contributed by atoms with Gasteiger partial charge in [0.15, 0.2) is 0 Å². The van der Waals surface area contributed by atoms with E-state index >= 15 is 0 Å². The first-order valence-corrected chi connectivity index (χ1v) is 6.20. The van der Waals surface area contributed by atoms with Crippen LogP contribution in [0, 0.1) is 11.8 Å². The Morgan fingerprint density at radius 1 is 1.41 bits per heavy atom. The fourth-order valence-corrected chi connectivity index (χ4v) is 2.11. The summed E-state index contributed by atoms with van der Waals surface area (Å²) < 4.78 is 0. The van der Waals surface area contributed by atoms with Crippen LogP contribution in [0.2, 0.25) is 0 Å². The van der Waals surface area contributed by atoms with Crippen LogP contribution in [0.25, 0.3) is 0 Å². The second kappa shape index (κ2) is 4.85. The quantitative estimate of drug-likeness (QED) is 0.662. The summed E-state index contributed by atoms with van der Waals surface area (Å²) in [5.74, 6) is -1.35. The van der Waals surface area contributed by atoms with Crippen LogP contribution in [-0.4, -0.2) is 30.2 Å². The molecule has 0 aromatic heterocycles. The molecule has 17 heavy (non-hydrogen) atoms. The van der Waals surface area contributed by atoms with Gasteiger partial charge >= 0.3 is 0 Å². The maximum absolute atomic E-state index is 11.8. The Hall–Kier alpha value is -1.39. The number of amides is 2. The second-order valence-electron chi connectivity index (χ2n) is 5.03. The summed E-state index contributed by atoms with van der Waals surface area (Å²) in [4.78, 5) is 34.7. The van der Waals surface area contributed by atoms with Crippen LogP contribution >= 0.6 is 0 Å². The van der Waals surface area contributed by atoms with E-state index in [1.165, 1.54) is 0 Å². The zero-order valence-corrected chi connectivity index (χ0v) is 9.99. The normalized spacial score (nSPS) is 25.2. The van der Waals surface area contributed by atoms with Gasteiger partial charge in [-0.2, -0.15) is 0 Å². The molecule has 2 rings (SSSR count). The van der Waals surface area contributed by atoms with E-state index in [2.05, 4.69) is 10.6 Å². The summed E-state index contributed by atoms with van der Waals surface area (Å²) >= 11 is 0. The molecule has 2 N–H and O–H groups in total. The first-order chi connectivity index (χ1) is 8.08. The van der Waals surface area contributed by atoms with E-state index < -0.39 is 11.7 Å². The van der Waals surface area contributed by atoms with E-state index in [-0.39, 0.29) is 23.8 Å². The van der Waals surface area contributed by atoms with Crippen molar-refractivity contribution >= 4 is 17.6 Å². The standard InChI is InChI=1S/C12H18N2O3/c1-7(6-8-4-5-13-11(8)16)10(15)12(17)14-9-2-3-9/h7-9H,2-6H2,1H3,(H,13,16)(H,14,17)/t7?,8-/m0/s1. The van der Waals surface area contributed by atoms with Gasteiger partial charge in [-0.15, -0.1) is 0 Å². The second-order valence-corrected chi connectivity index (χ2v) is 5.03. The van der Waals surface area contributed by atoms with Crippen molar-refractivity contribution in [3.63, 3.8) is 0 Å². The van der Waals surface area contributed by atoms with Crippen molar-refractivity contribution in [1.82, 2.24) is 10.6 Å². The van der Waals surface area contributed by atoms with Crippen LogP contribution in [0.1, 0.15) is 32.6 Å². The van der Waals surface area contributed by atoms with E-state index in [1.807, 2.05) is 0 Å². The van der Waals surface area contributed by atoms with Gasteiger partial charge in [-0.1, -0.05) is 6.92 Å². The van der Waals surface area contributed by atoms with E-state index in [0.29, 0.717) is 13.0 Å². The number of rotatable bonds is 5. The number of carbonyl (C=O) groups is 3. The summed E-state index contributed by atoms with van der Waals surface area (Å²) in [6, 6.07) is 0.202. The molecule has 1 saturated carbocycles. The van der Waals surface area contributed by atoms with Crippen molar-refractivity contribution in [3.05, 3.63) is 0 Å². The van der Waals surface area contributed by atoms with Crippen LogP contribution in [0.3, 0.4) is 0 Å². The molecule has 0 aromatic rings. The molecular formula is C12H18N2O3. The van der Waals surface area contributed by atoms with Crippen molar-refractivity contribution in [2.75, 3.05) is 6.54 Å². The topological polar surface area (TPSA) is 75.3 Å². The fraction of sp³-hybridized carbons (Fsp3) is 0.750. The van der Waals surface area contributed by atoms with Gasteiger partial charge in [0.1, 0.15) is 0 Å². The van der Waals surface area contributed by atoms with Gasteiger partial charge in [0.25, 0.3) is 5.91 Å². The summed E-state index contributed by atoms with van der Waals surface area (Å²) in [5.41, 5.74) is 0. The number of hydrogen-bond donors (Lipinski definition) is 2. The Morgan fingerprint density at radius 3 is 2.65 bits per heavy atom. The third-order valence-electron chi connectivity index (χ3n) is 3.38. The largest absolute Gasteiger partial charge is 0.356 e. The number of nitrogens with one attached hydrogen (secondary N) is 2. The smallest absolute Gasteiger partial charge is 0.287 e. The third kappa shape index (κ3) is 3.05. The highest BCUT2D eigenvalue weighted by atomic mass is 16.2. The molecule has 1 aliphatic heterocycles. The molecule has 2 amide bonds. The molecule has 1 aliphatic carbocycles. The summed E-state index contributed by atoms with van der Waals surface area (Å²) in [6.07, 6.45) is 3.18. The lowest BCUT2D eigenvalue weighted by Crippen LogP contribution is -2.36. The van der Waals surface area contributed by atoms with Crippen LogP contribution in [0.5, 0.6) is 0 Å². The highest BCUT2D eigenvalue weighted by Gasteiger charge is 2.32. The molecule has 0 radical (unpaired) electrons. The third-order valence-corrected chi connectivity index (χ3v) is 3.38. The minimum absolute atomic E-state index is 0.00671. The van der Waals surface area contributed by atoms with Gasteiger partial charge in [0.2, 0.25) is 11.7 Å². The van der Waals surface area contributed by atoms with Crippen LogP contribution in [0.4, 0.5) is 0 Å². The molecule has 1 saturated heterocycles. The molecule has 0 spiro atoms. The zero-order chi connectivity index (χ0) is 12.4. The van der Waals surface area contributed by atoms with Crippen LogP contribution < -0.4 is 10.6 Å². The Kier molecular flexibility index (Phi) is 3.45. The number of hydrogen-bond acceptors (Lipinski definition) is 3. The minimum atomic E-state index is -0.488. The van der Waals surface area contributed by atoms with Crippen molar-refractivity contribution in [3.8, 4) is 0 Å². The fourth-order valence-electron chi connectivity index (χ4n) is 2.11. The lowest BCUT2D eigenvalue weighted by molar-refractivity contribution is -0.140. The number of Topliss-reactive ketones (excluding diaryl/α,β-unsaturated/α-hetero) is 1. The van der Waals surface area contributed by atoms with Gasteiger partial charge < -0.3 is 10.6 Å². The van der Waals surface area contributed by atoms with Crippen molar-refractivity contribution in [1.29, 1.82) is 0 Å². The summed E-state index contributed by atoms with van der Waals surface area (Å²) in [7, 11) is 0. The number of ketones is 1. The van der Waals surface area contributed by atoms with Crippen LogP contribution in [-0.2, 0) is 14.4 Å². The van der Waals surface area contributed by atoms with Crippen molar-refractivity contribution in [2.45, 2.75) is 38.6 Å². The van der Waals surface area contributed by atoms with E-state index in [4.69, 9.17) is 0 Å². The zero-order valence-electron chi connectivity index (χ0n) is 9.99. The molecule has 1 heterocycles. The Morgan fingerprint density at radius 2 is 2.12 bits per heavy atom. The summed E-state index contributed by atoms with van der Waals surface area (Å²) in [5, 5.41) is 5.42. The van der Waals surface area contributed by atoms with Gasteiger partial charge in [-0.05, 0) is 25.7 Å². The van der Waals surface area contributed by atoms with Gasteiger partial charge in [-0.3, -0.25) is 14.4 Å². The monoisotopic (exact) mass is 238 g/mol. The average molecular weight is 238 g/mol. The van der Waals surface area contributed by atoms with Crippen molar-refractivity contribution < 1.29 is 14.4 Å². The molecule has 2 atom stereocenters. The molecule has 94 valence electrons. The Balaban J connectivity index is 1.81. The highest BCUT2D eigenvalue weighted by molar-refractivity contribution is 6.37. The lowest BCUT2D eigenvalue weighted by atomic mass is 9.91. The molecule has 2 fully saturated rings. The molecular weight excluding hydrogens is 220 g/mol. The van der Waals surface area contributed by atoms with E-state index in [1.54, 1.807) is 6.92 Å². The predicted octanol–water partition coefficient (Wildman–Crippen LogP) is -0.00360. The SMILES string of the molecule is CC(C[C@@H]1CCNC1=O)C(=O)C(=O)NC1CC1. The molecule has 5 nitrogen and oxygen atoms in total. The van der Waals surface area contributed by atoms with Crippen molar-refractivity contribution in [2.24, 2.45) is 11.8 Å². The highest BCUT2D eigenvalue weighted by Crippen LogP contribution is 2.21. The van der Waals surface area contributed by atoms with E-state index in [0.717, 1.165) is 19.3 Å². The van der Waals surface area contributed by atoms with Crippen LogP contribution in [0.15, 0.2) is 0 Å². The van der Waals surface area contributed by atoms with Gasteiger partial charge in [-0.25, -0.2) is 0 Å². The maximum Gasteiger partial charge on any atom is 0.287 e. The number of carbonyl (C=O) groups excluding carboxylic acids is 3. The maximum atomic E-state index is 11.8. The molecule has 0 aromatic carbocycles. The molecule has 5 heteroatoms. The lowest BCUT2D eigenvalue weighted by Gasteiger charge is -2.13. The van der Waals surface area contributed by atoms with Gasteiger partial charge in [0.05, 0.1) is 0 Å². The Bertz CT molecular complexity index is 350. The first kappa shape index (κ1) is 12.1. The molecule has 1 unspecified atom stereocenters. The summed E-state index contributed by atoms with van der Waals surface area (Å²) in [6.45, 7) is 2.40. The van der Waals surface area contributed by atoms with E-state index in [9.17, 15) is 14.4 Å². The first-order valence-electron chi connectivity index (χ1n) is 6.20. The average Bonchev–Trinajstić information content (AvgIpc) is 3.02. The molecule has 0 bridgehead atoms. The minimum Gasteiger partial charge on any atom is -0.356 e. The Labute approximate surface area is 100 Å². The van der Waals surface area contributed by atoms with Gasteiger partial charge in [0, 0.05) is 24.4 Å².